The van der Waals surface area contributed by atoms with E-state index in [4.69, 9.17) is 0 Å². The summed E-state index contributed by atoms with van der Waals surface area (Å²) in [7, 11) is 0. The maximum absolute atomic E-state index is 10.6. The van der Waals surface area contributed by atoms with Gasteiger partial charge in [0.15, 0.2) is 0 Å². The number of carbonyl (C=O) groups is 1. The van der Waals surface area contributed by atoms with Crippen LogP contribution in [0.25, 0.3) is 0 Å². The highest BCUT2D eigenvalue weighted by atomic mass is 16.2. The van der Waals surface area contributed by atoms with Crippen molar-refractivity contribution >= 4 is 12.1 Å². The number of unbranched alkanes of at least 4 members (excludes halogenated alkanes) is 1. The summed E-state index contributed by atoms with van der Waals surface area (Å²) >= 11 is 0. The normalized spacial score (nSPS) is 23.3. The molecule has 0 fully saturated rings. The van der Waals surface area contributed by atoms with Crippen LogP contribution in [-0.2, 0) is 4.79 Å². The molecular weight excluding hydrogens is 128 g/mol. The van der Waals surface area contributed by atoms with Crippen molar-refractivity contribution in [2.24, 2.45) is 4.99 Å². The Bertz CT molecular complexity index is 154. The highest BCUT2D eigenvalue weighted by Crippen LogP contribution is 2.03. The lowest BCUT2D eigenvalue weighted by Crippen LogP contribution is -2.26. The van der Waals surface area contributed by atoms with Gasteiger partial charge < -0.3 is 5.32 Å². The Morgan fingerprint density at radius 3 is 3.10 bits per heavy atom. The summed E-state index contributed by atoms with van der Waals surface area (Å²) in [5, 5.41) is 2.73. The number of nitrogens with one attached hydrogen (secondary N) is 1. The van der Waals surface area contributed by atoms with Gasteiger partial charge in [-0.25, -0.2) is 0 Å². The molecule has 0 aliphatic carbocycles. The number of rotatable bonds is 3. The Balaban J connectivity index is 2.20. The Morgan fingerprint density at radius 1 is 1.80 bits per heavy atom. The standard InChI is InChI=1S/C7H12N2O/c1-2-3-4-6-8-5-7(10)9-6/h5-6H,2-4H2,1H3,(H,9,10). The van der Waals surface area contributed by atoms with E-state index in [2.05, 4.69) is 17.2 Å². The molecule has 0 saturated heterocycles. The molecule has 1 unspecified atom stereocenters. The molecule has 1 heterocycles. The third-order valence-corrected chi connectivity index (χ3v) is 1.51. The van der Waals surface area contributed by atoms with E-state index in [1.807, 2.05) is 0 Å². The molecule has 1 rings (SSSR count). The third kappa shape index (κ3) is 1.83. The van der Waals surface area contributed by atoms with Gasteiger partial charge in [0.05, 0.1) is 6.21 Å². The number of nitrogens with zero attached hydrogens (tertiary/aromatic N) is 1. The summed E-state index contributed by atoms with van der Waals surface area (Å²) in [6.45, 7) is 2.13. The van der Waals surface area contributed by atoms with Gasteiger partial charge in [0.2, 0.25) is 0 Å². The molecule has 1 aliphatic rings. The second-order valence-electron chi connectivity index (χ2n) is 2.44. The monoisotopic (exact) mass is 140 g/mol. The van der Waals surface area contributed by atoms with E-state index in [9.17, 15) is 4.79 Å². The van der Waals surface area contributed by atoms with E-state index >= 15 is 0 Å². The minimum absolute atomic E-state index is 0.0545. The van der Waals surface area contributed by atoms with Crippen molar-refractivity contribution in [3.63, 3.8) is 0 Å². The quantitative estimate of drug-likeness (QED) is 0.616. The van der Waals surface area contributed by atoms with Crippen molar-refractivity contribution in [2.45, 2.75) is 32.4 Å². The summed E-state index contributed by atoms with van der Waals surface area (Å²) < 4.78 is 0. The molecule has 56 valence electrons. The van der Waals surface area contributed by atoms with E-state index in [1.54, 1.807) is 0 Å². The Kier molecular flexibility index (Phi) is 2.42. The topological polar surface area (TPSA) is 41.5 Å². The molecule has 0 radical (unpaired) electrons. The minimum Gasteiger partial charge on any atom is -0.329 e. The molecule has 1 amide bonds. The number of aliphatic imine (C=N–C) groups is 1. The molecule has 0 bridgehead atoms. The molecule has 0 aromatic heterocycles. The lowest BCUT2D eigenvalue weighted by molar-refractivity contribution is -0.114. The van der Waals surface area contributed by atoms with E-state index in [0.29, 0.717) is 0 Å². The van der Waals surface area contributed by atoms with Crippen molar-refractivity contribution in [3.8, 4) is 0 Å². The fraction of sp³-hybridized carbons (Fsp3) is 0.714. The van der Waals surface area contributed by atoms with Gasteiger partial charge in [0.25, 0.3) is 5.91 Å². The molecule has 1 N–H and O–H groups in total. The second kappa shape index (κ2) is 3.34. The van der Waals surface area contributed by atoms with Gasteiger partial charge in [0.1, 0.15) is 6.17 Å². The van der Waals surface area contributed by atoms with Gasteiger partial charge in [-0.05, 0) is 12.8 Å². The van der Waals surface area contributed by atoms with Gasteiger partial charge in [-0.3, -0.25) is 9.79 Å². The third-order valence-electron chi connectivity index (χ3n) is 1.51. The molecule has 1 atom stereocenters. The van der Waals surface area contributed by atoms with Gasteiger partial charge >= 0.3 is 0 Å². The lowest BCUT2D eigenvalue weighted by atomic mass is 10.2. The van der Waals surface area contributed by atoms with E-state index in [0.717, 1.165) is 19.3 Å². The summed E-state index contributed by atoms with van der Waals surface area (Å²) in [6, 6.07) is 0. The van der Waals surface area contributed by atoms with Crippen molar-refractivity contribution in [1.82, 2.24) is 5.32 Å². The maximum Gasteiger partial charge on any atom is 0.263 e. The van der Waals surface area contributed by atoms with Gasteiger partial charge in [0, 0.05) is 0 Å². The first-order chi connectivity index (χ1) is 4.83. The van der Waals surface area contributed by atoms with Crippen LogP contribution in [-0.4, -0.2) is 18.3 Å². The summed E-state index contributed by atoms with van der Waals surface area (Å²) in [5.74, 6) is -0.0545. The first-order valence-electron chi connectivity index (χ1n) is 3.66. The highest BCUT2D eigenvalue weighted by molar-refractivity contribution is 6.27. The average molecular weight is 140 g/mol. The molecule has 10 heavy (non-hydrogen) atoms. The summed E-state index contributed by atoms with van der Waals surface area (Å²) in [4.78, 5) is 14.5. The van der Waals surface area contributed by atoms with E-state index in [-0.39, 0.29) is 12.1 Å². The van der Waals surface area contributed by atoms with Crippen LogP contribution in [0.1, 0.15) is 26.2 Å². The van der Waals surface area contributed by atoms with Crippen LogP contribution in [0.15, 0.2) is 4.99 Å². The van der Waals surface area contributed by atoms with Gasteiger partial charge in [-0.15, -0.1) is 0 Å². The number of hydrogen-bond donors (Lipinski definition) is 1. The van der Waals surface area contributed by atoms with Crippen LogP contribution in [0.3, 0.4) is 0 Å². The van der Waals surface area contributed by atoms with Crippen LogP contribution < -0.4 is 5.32 Å². The van der Waals surface area contributed by atoms with Crippen LogP contribution in [0.5, 0.6) is 0 Å². The number of carbonyl (C=O) groups excluding carboxylic acids is 1. The smallest absolute Gasteiger partial charge is 0.263 e. The zero-order chi connectivity index (χ0) is 7.40. The Morgan fingerprint density at radius 2 is 2.60 bits per heavy atom. The predicted octanol–water partition coefficient (Wildman–Crippen LogP) is 0.703. The SMILES string of the molecule is CCCCC1N=CC(=O)N1. The van der Waals surface area contributed by atoms with Gasteiger partial charge in [-0.1, -0.05) is 13.3 Å². The van der Waals surface area contributed by atoms with Crippen LogP contribution >= 0.6 is 0 Å². The Hall–Kier alpha value is -0.860. The molecule has 0 aromatic carbocycles. The zero-order valence-corrected chi connectivity index (χ0v) is 6.13. The highest BCUT2D eigenvalue weighted by Gasteiger charge is 2.13. The fourth-order valence-electron chi connectivity index (χ4n) is 0.941. The predicted molar refractivity (Wildman–Crippen MR) is 39.9 cm³/mol. The van der Waals surface area contributed by atoms with Gasteiger partial charge in [-0.2, -0.15) is 0 Å². The first-order valence-corrected chi connectivity index (χ1v) is 3.66. The molecule has 3 nitrogen and oxygen atoms in total. The molecule has 1 aliphatic heterocycles. The van der Waals surface area contributed by atoms with Crippen molar-refractivity contribution < 1.29 is 4.79 Å². The van der Waals surface area contributed by atoms with Crippen molar-refractivity contribution in [2.75, 3.05) is 0 Å². The molecule has 3 heteroatoms. The van der Waals surface area contributed by atoms with Crippen molar-refractivity contribution in [3.05, 3.63) is 0 Å². The first kappa shape index (κ1) is 7.25. The lowest BCUT2D eigenvalue weighted by Gasteiger charge is -2.04. The van der Waals surface area contributed by atoms with Crippen LogP contribution in [0.2, 0.25) is 0 Å². The maximum atomic E-state index is 10.6. The van der Waals surface area contributed by atoms with E-state index < -0.39 is 0 Å². The Labute approximate surface area is 60.5 Å². The summed E-state index contributed by atoms with van der Waals surface area (Å²) in [6.07, 6.45) is 4.68. The minimum atomic E-state index is -0.0545. The van der Waals surface area contributed by atoms with Crippen LogP contribution in [0.4, 0.5) is 0 Å². The summed E-state index contributed by atoms with van der Waals surface area (Å²) in [5.41, 5.74) is 0. The zero-order valence-electron chi connectivity index (χ0n) is 6.13. The van der Waals surface area contributed by atoms with E-state index in [1.165, 1.54) is 6.21 Å². The van der Waals surface area contributed by atoms with Crippen LogP contribution in [0, 0.1) is 0 Å². The molecule has 0 saturated carbocycles. The number of amides is 1. The number of hydrogen-bond acceptors (Lipinski definition) is 2. The largest absolute Gasteiger partial charge is 0.329 e. The molecule has 0 spiro atoms. The average Bonchev–Trinajstić information content (AvgIpc) is 2.31. The fourth-order valence-corrected chi connectivity index (χ4v) is 0.941. The van der Waals surface area contributed by atoms with Crippen molar-refractivity contribution in [1.29, 1.82) is 0 Å². The second-order valence-corrected chi connectivity index (χ2v) is 2.44. The molecule has 0 aromatic rings. The molecular formula is C7H12N2O.